The van der Waals surface area contributed by atoms with Crippen LogP contribution in [0.4, 0.5) is 5.69 Å². The first-order chi connectivity index (χ1) is 10.4. The van der Waals surface area contributed by atoms with Gasteiger partial charge < -0.3 is 5.32 Å². The molecule has 1 amide bonds. The fraction of sp³-hybridized carbons (Fsp3) is 0.462. The van der Waals surface area contributed by atoms with Crippen LogP contribution in [-0.2, 0) is 23.4 Å². The summed E-state index contributed by atoms with van der Waals surface area (Å²) in [6, 6.07) is 1.83. The largest absolute Gasteiger partial charge is 0.348 e. The van der Waals surface area contributed by atoms with Gasteiger partial charge in [-0.05, 0) is 26.8 Å². The van der Waals surface area contributed by atoms with Gasteiger partial charge in [0.1, 0.15) is 17.9 Å². The summed E-state index contributed by atoms with van der Waals surface area (Å²) in [6.45, 7) is 6.31. The van der Waals surface area contributed by atoms with Gasteiger partial charge >= 0.3 is 5.69 Å². The van der Waals surface area contributed by atoms with Crippen LogP contribution in [0.1, 0.15) is 26.5 Å². The SMILES string of the molecule is CCn1nccc1CNC(=O)C(C)(C)n1cc([N+](=O)[O-])cn1. The maximum atomic E-state index is 12.4. The van der Waals surface area contributed by atoms with E-state index in [4.69, 9.17) is 0 Å². The number of aromatic nitrogens is 4. The Labute approximate surface area is 127 Å². The molecule has 0 aromatic carbocycles. The smallest absolute Gasteiger partial charge is 0.307 e. The molecule has 2 aromatic rings. The molecule has 2 rings (SSSR count). The molecular weight excluding hydrogens is 288 g/mol. The highest BCUT2D eigenvalue weighted by atomic mass is 16.6. The van der Waals surface area contributed by atoms with Crippen LogP contribution >= 0.6 is 0 Å². The van der Waals surface area contributed by atoms with Crippen molar-refractivity contribution >= 4 is 11.6 Å². The van der Waals surface area contributed by atoms with Crippen molar-refractivity contribution in [3.05, 3.63) is 40.5 Å². The van der Waals surface area contributed by atoms with Crippen molar-refractivity contribution in [3.8, 4) is 0 Å². The van der Waals surface area contributed by atoms with E-state index in [1.54, 1.807) is 24.7 Å². The number of carbonyl (C=O) groups excluding carboxylic acids is 1. The Balaban J connectivity index is 2.08. The average molecular weight is 306 g/mol. The van der Waals surface area contributed by atoms with Crippen molar-refractivity contribution in [1.29, 1.82) is 0 Å². The van der Waals surface area contributed by atoms with Crippen molar-refractivity contribution in [1.82, 2.24) is 24.9 Å². The first-order valence-electron chi connectivity index (χ1n) is 6.84. The number of nitro groups is 1. The lowest BCUT2D eigenvalue weighted by molar-refractivity contribution is -0.385. The molecule has 0 saturated carbocycles. The molecule has 0 spiro atoms. The number of hydrogen-bond acceptors (Lipinski definition) is 5. The van der Waals surface area contributed by atoms with Crippen molar-refractivity contribution in [2.24, 2.45) is 0 Å². The third-order valence-corrected chi connectivity index (χ3v) is 3.44. The molecule has 0 saturated heterocycles. The normalized spacial score (nSPS) is 11.4. The Bertz CT molecular complexity index is 688. The fourth-order valence-corrected chi connectivity index (χ4v) is 2.00. The van der Waals surface area contributed by atoms with E-state index in [-0.39, 0.29) is 11.6 Å². The first-order valence-corrected chi connectivity index (χ1v) is 6.84. The Morgan fingerprint density at radius 3 is 2.77 bits per heavy atom. The molecule has 0 atom stereocenters. The maximum absolute atomic E-state index is 12.4. The number of hydrogen-bond donors (Lipinski definition) is 1. The van der Waals surface area contributed by atoms with Crippen LogP contribution in [0.5, 0.6) is 0 Å². The molecule has 0 aliphatic rings. The van der Waals surface area contributed by atoms with Gasteiger partial charge in [-0.1, -0.05) is 0 Å². The van der Waals surface area contributed by atoms with Gasteiger partial charge in [-0.15, -0.1) is 0 Å². The number of rotatable bonds is 6. The molecule has 9 heteroatoms. The third-order valence-electron chi connectivity index (χ3n) is 3.44. The monoisotopic (exact) mass is 306 g/mol. The van der Waals surface area contributed by atoms with E-state index in [2.05, 4.69) is 15.5 Å². The van der Waals surface area contributed by atoms with Gasteiger partial charge in [-0.25, -0.2) is 0 Å². The van der Waals surface area contributed by atoms with Gasteiger partial charge in [0.2, 0.25) is 5.91 Å². The summed E-state index contributed by atoms with van der Waals surface area (Å²) in [5, 5.41) is 21.5. The summed E-state index contributed by atoms with van der Waals surface area (Å²) in [5.74, 6) is -0.283. The zero-order valence-electron chi connectivity index (χ0n) is 12.7. The third kappa shape index (κ3) is 2.97. The molecule has 2 heterocycles. The molecule has 118 valence electrons. The maximum Gasteiger partial charge on any atom is 0.307 e. The first kappa shape index (κ1) is 15.7. The lowest BCUT2D eigenvalue weighted by Gasteiger charge is -2.23. The highest BCUT2D eigenvalue weighted by Crippen LogP contribution is 2.18. The second-order valence-corrected chi connectivity index (χ2v) is 5.28. The zero-order chi connectivity index (χ0) is 16.3. The van der Waals surface area contributed by atoms with E-state index >= 15 is 0 Å². The predicted octanol–water partition coefficient (Wildman–Crippen LogP) is 1.06. The van der Waals surface area contributed by atoms with E-state index in [9.17, 15) is 14.9 Å². The highest BCUT2D eigenvalue weighted by Gasteiger charge is 2.31. The minimum atomic E-state index is -1.04. The van der Waals surface area contributed by atoms with E-state index in [1.807, 2.05) is 13.0 Å². The predicted molar refractivity (Wildman–Crippen MR) is 78.0 cm³/mol. The molecule has 0 aliphatic heterocycles. The minimum absolute atomic E-state index is 0.148. The number of carbonyl (C=O) groups is 1. The average Bonchev–Trinajstić information content (AvgIpc) is 3.13. The summed E-state index contributed by atoms with van der Waals surface area (Å²) in [6.07, 6.45) is 4.05. The van der Waals surface area contributed by atoms with Crippen LogP contribution in [0, 0.1) is 10.1 Å². The topological polar surface area (TPSA) is 108 Å². The van der Waals surface area contributed by atoms with E-state index in [0.717, 1.165) is 11.9 Å². The van der Waals surface area contributed by atoms with Crippen molar-refractivity contribution in [2.75, 3.05) is 0 Å². The highest BCUT2D eigenvalue weighted by molar-refractivity contribution is 5.83. The van der Waals surface area contributed by atoms with Gasteiger partial charge in [0, 0.05) is 12.7 Å². The van der Waals surface area contributed by atoms with Crippen LogP contribution in [0.2, 0.25) is 0 Å². The van der Waals surface area contributed by atoms with Crippen LogP contribution in [-0.4, -0.2) is 30.4 Å². The Morgan fingerprint density at radius 1 is 1.45 bits per heavy atom. The molecular formula is C13H18N6O3. The van der Waals surface area contributed by atoms with Crippen LogP contribution in [0.3, 0.4) is 0 Å². The van der Waals surface area contributed by atoms with Gasteiger partial charge in [0.05, 0.1) is 17.2 Å². The van der Waals surface area contributed by atoms with E-state index in [1.165, 1.54) is 10.9 Å². The van der Waals surface area contributed by atoms with Crippen LogP contribution in [0.15, 0.2) is 24.7 Å². The lowest BCUT2D eigenvalue weighted by Crippen LogP contribution is -2.44. The fourth-order valence-electron chi connectivity index (χ4n) is 2.00. The summed E-state index contributed by atoms with van der Waals surface area (Å²) in [7, 11) is 0. The van der Waals surface area contributed by atoms with Crippen LogP contribution in [0.25, 0.3) is 0 Å². The molecule has 1 N–H and O–H groups in total. The van der Waals surface area contributed by atoms with Gasteiger partial charge in [0.15, 0.2) is 0 Å². The number of aryl methyl sites for hydroxylation is 1. The van der Waals surface area contributed by atoms with Crippen LogP contribution < -0.4 is 5.32 Å². The summed E-state index contributed by atoms with van der Waals surface area (Å²) in [5.41, 5.74) is -0.297. The van der Waals surface area contributed by atoms with Gasteiger partial charge in [-0.3, -0.25) is 24.3 Å². The number of amides is 1. The van der Waals surface area contributed by atoms with E-state index < -0.39 is 10.5 Å². The molecule has 0 radical (unpaired) electrons. The minimum Gasteiger partial charge on any atom is -0.348 e. The number of nitrogens with zero attached hydrogens (tertiary/aromatic N) is 5. The van der Waals surface area contributed by atoms with Crippen molar-refractivity contribution in [3.63, 3.8) is 0 Å². The standard InChI is InChI=1S/C13H18N6O3/c1-4-17-10(5-6-15-17)7-14-12(20)13(2,3)18-9-11(8-16-18)19(21)22/h5-6,8-9H,4,7H2,1-3H3,(H,14,20). The lowest BCUT2D eigenvalue weighted by atomic mass is 10.1. The summed E-state index contributed by atoms with van der Waals surface area (Å²) < 4.78 is 3.07. The Morgan fingerprint density at radius 2 is 2.18 bits per heavy atom. The Kier molecular flexibility index (Phi) is 4.25. The molecule has 0 fully saturated rings. The molecule has 0 aliphatic carbocycles. The van der Waals surface area contributed by atoms with Crippen molar-refractivity contribution in [2.45, 2.75) is 39.4 Å². The van der Waals surface area contributed by atoms with E-state index in [0.29, 0.717) is 13.1 Å². The van der Waals surface area contributed by atoms with Gasteiger partial charge in [0.25, 0.3) is 0 Å². The molecule has 9 nitrogen and oxygen atoms in total. The quantitative estimate of drug-likeness (QED) is 0.634. The second kappa shape index (κ2) is 5.96. The summed E-state index contributed by atoms with van der Waals surface area (Å²) >= 11 is 0. The molecule has 0 unspecified atom stereocenters. The second-order valence-electron chi connectivity index (χ2n) is 5.28. The molecule has 0 bridgehead atoms. The zero-order valence-corrected chi connectivity index (χ0v) is 12.7. The summed E-state index contributed by atoms with van der Waals surface area (Å²) in [4.78, 5) is 22.5. The molecule has 22 heavy (non-hydrogen) atoms. The van der Waals surface area contributed by atoms with Crippen molar-refractivity contribution < 1.29 is 9.72 Å². The van der Waals surface area contributed by atoms with Gasteiger partial charge in [-0.2, -0.15) is 10.2 Å². The molecule has 2 aromatic heterocycles. The Hall–Kier alpha value is -2.71. The number of nitrogens with one attached hydrogen (secondary N) is 1.